The highest BCUT2D eigenvalue weighted by atomic mass is 35.5. The molecule has 1 fully saturated rings. The summed E-state index contributed by atoms with van der Waals surface area (Å²) in [4.78, 5) is 15.4. The Labute approximate surface area is 222 Å². The third kappa shape index (κ3) is 7.44. The van der Waals surface area contributed by atoms with E-state index < -0.39 is 0 Å². The molecule has 4 rings (SSSR count). The maximum Gasteiger partial charge on any atom is 0.237 e. The van der Waals surface area contributed by atoms with Crippen molar-refractivity contribution in [3.05, 3.63) is 94.3 Å². The third-order valence-electron chi connectivity index (χ3n) is 6.64. The van der Waals surface area contributed by atoms with E-state index in [0.717, 1.165) is 22.6 Å². The fraction of sp³-hybridized carbons (Fsp3) is 0.345. The number of nitrogens with zero attached hydrogens (tertiary/aromatic N) is 1. The highest BCUT2D eigenvalue weighted by molar-refractivity contribution is 6.30. The molecule has 196 valence electrons. The molecule has 0 unspecified atom stereocenters. The molecule has 1 heterocycles. The van der Waals surface area contributed by atoms with Gasteiger partial charge in [0.25, 0.3) is 0 Å². The van der Waals surface area contributed by atoms with E-state index in [-0.39, 0.29) is 23.8 Å². The van der Waals surface area contributed by atoms with Crippen LogP contribution in [0.1, 0.15) is 23.1 Å². The van der Waals surface area contributed by atoms with Gasteiger partial charge in [-0.2, -0.15) is 0 Å². The van der Waals surface area contributed by atoms with Gasteiger partial charge in [-0.1, -0.05) is 41.9 Å². The van der Waals surface area contributed by atoms with Gasteiger partial charge < -0.3 is 20.1 Å². The smallest absolute Gasteiger partial charge is 0.237 e. The van der Waals surface area contributed by atoms with Crippen LogP contribution in [0.3, 0.4) is 0 Å². The fourth-order valence-electron chi connectivity index (χ4n) is 4.74. The molecule has 1 saturated heterocycles. The van der Waals surface area contributed by atoms with Crippen LogP contribution in [0.4, 0.5) is 4.39 Å². The van der Waals surface area contributed by atoms with Gasteiger partial charge in [-0.15, -0.1) is 0 Å². The minimum Gasteiger partial charge on any atom is -0.497 e. The standard InChI is InChI=1S/C29H33ClFN3O3/c1-36-25-13-21(14-26(16-25)37-2)17-33-24-15-28(34(19-24)18-20-6-5-8-23(30)12-20)29(35)32-11-10-22-7-3-4-9-27(22)31/h3-9,12-14,16,24,28,33H,10-11,15,17-19H2,1-2H3,(H,32,35)/t24-,28-/m0/s1. The van der Waals surface area contributed by atoms with Crippen LogP contribution < -0.4 is 20.1 Å². The lowest BCUT2D eigenvalue weighted by atomic mass is 10.1. The average molecular weight is 526 g/mol. The quantitative estimate of drug-likeness (QED) is 0.383. The number of nitrogens with one attached hydrogen (secondary N) is 2. The zero-order valence-electron chi connectivity index (χ0n) is 21.2. The highest BCUT2D eigenvalue weighted by Crippen LogP contribution is 2.25. The maximum atomic E-state index is 14.0. The number of carbonyl (C=O) groups excluding carboxylic acids is 1. The van der Waals surface area contributed by atoms with Crippen molar-refractivity contribution in [2.24, 2.45) is 0 Å². The second-order valence-corrected chi connectivity index (χ2v) is 9.68. The molecule has 0 aromatic heterocycles. The number of benzene rings is 3. The first-order valence-corrected chi connectivity index (χ1v) is 12.8. The Bertz CT molecular complexity index is 1190. The van der Waals surface area contributed by atoms with Gasteiger partial charge in [0, 0.05) is 43.3 Å². The van der Waals surface area contributed by atoms with E-state index in [9.17, 15) is 9.18 Å². The van der Waals surface area contributed by atoms with Crippen molar-refractivity contribution in [1.82, 2.24) is 15.5 Å². The van der Waals surface area contributed by atoms with E-state index in [2.05, 4.69) is 15.5 Å². The SMILES string of the molecule is COc1cc(CN[C@H]2C[C@@H](C(=O)NCCc3ccccc3F)N(Cc3cccc(Cl)c3)C2)cc(OC)c1. The Balaban J connectivity index is 1.41. The lowest BCUT2D eigenvalue weighted by Gasteiger charge is -2.23. The maximum absolute atomic E-state index is 14.0. The van der Waals surface area contributed by atoms with Crippen LogP contribution in [0.15, 0.2) is 66.7 Å². The summed E-state index contributed by atoms with van der Waals surface area (Å²) < 4.78 is 24.7. The Kier molecular flexibility index (Phi) is 9.39. The lowest BCUT2D eigenvalue weighted by molar-refractivity contribution is -0.125. The van der Waals surface area contributed by atoms with Crippen LogP contribution in [0, 0.1) is 5.82 Å². The van der Waals surface area contributed by atoms with Crippen LogP contribution in [-0.4, -0.2) is 50.2 Å². The number of carbonyl (C=O) groups is 1. The number of ether oxygens (including phenoxy) is 2. The minimum atomic E-state index is -0.308. The van der Waals surface area contributed by atoms with Crippen molar-refractivity contribution in [2.75, 3.05) is 27.3 Å². The van der Waals surface area contributed by atoms with Crippen molar-refractivity contribution in [1.29, 1.82) is 0 Å². The first-order chi connectivity index (χ1) is 17.9. The van der Waals surface area contributed by atoms with Gasteiger partial charge in [-0.05, 0) is 59.9 Å². The normalized spacial score (nSPS) is 17.5. The monoisotopic (exact) mass is 525 g/mol. The molecule has 0 aliphatic carbocycles. The number of likely N-dealkylation sites (tertiary alicyclic amines) is 1. The van der Waals surface area contributed by atoms with E-state index in [0.29, 0.717) is 49.6 Å². The van der Waals surface area contributed by atoms with E-state index in [1.807, 2.05) is 42.5 Å². The molecule has 2 N–H and O–H groups in total. The van der Waals surface area contributed by atoms with Crippen LogP contribution >= 0.6 is 11.6 Å². The predicted molar refractivity (Wildman–Crippen MR) is 144 cm³/mol. The lowest BCUT2D eigenvalue weighted by Crippen LogP contribution is -2.43. The third-order valence-corrected chi connectivity index (χ3v) is 6.87. The molecule has 6 nitrogen and oxygen atoms in total. The largest absolute Gasteiger partial charge is 0.497 e. The summed E-state index contributed by atoms with van der Waals surface area (Å²) in [5.74, 6) is 1.17. The summed E-state index contributed by atoms with van der Waals surface area (Å²) in [5, 5.41) is 7.28. The molecule has 0 radical (unpaired) electrons. The van der Waals surface area contributed by atoms with Gasteiger partial charge in [-0.25, -0.2) is 4.39 Å². The van der Waals surface area contributed by atoms with Crippen molar-refractivity contribution in [2.45, 2.75) is 38.0 Å². The zero-order valence-corrected chi connectivity index (χ0v) is 21.9. The average Bonchev–Trinajstić information content (AvgIpc) is 3.30. The summed E-state index contributed by atoms with van der Waals surface area (Å²) >= 11 is 6.20. The predicted octanol–water partition coefficient (Wildman–Crippen LogP) is 4.59. The Morgan fingerprint density at radius 2 is 1.78 bits per heavy atom. The number of amides is 1. The van der Waals surface area contributed by atoms with Gasteiger partial charge in [0.15, 0.2) is 0 Å². The topological polar surface area (TPSA) is 62.8 Å². The second-order valence-electron chi connectivity index (χ2n) is 9.24. The molecule has 1 aliphatic rings. The molecule has 37 heavy (non-hydrogen) atoms. The Morgan fingerprint density at radius 1 is 1.03 bits per heavy atom. The Hall–Kier alpha value is -3.13. The number of methoxy groups -OCH3 is 2. The minimum absolute atomic E-state index is 0.0503. The highest BCUT2D eigenvalue weighted by Gasteiger charge is 2.36. The number of hydrogen-bond acceptors (Lipinski definition) is 5. The van der Waals surface area contributed by atoms with Crippen LogP contribution in [0.2, 0.25) is 5.02 Å². The zero-order chi connectivity index (χ0) is 26.2. The van der Waals surface area contributed by atoms with Gasteiger partial charge in [0.05, 0.1) is 20.3 Å². The molecule has 0 saturated carbocycles. The van der Waals surface area contributed by atoms with Crippen molar-refractivity contribution in [3.8, 4) is 11.5 Å². The number of hydrogen-bond donors (Lipinski definition) is 2. The van der Waals surface area contributed by atoms with E-state index >= 15 is 0 Å². The molecule has 3 aromatic carbocycles. The molecule has 2 atom stereocenters. The van der Waals surface area contributed by atoms with Crippen molar-refractivity contribution >= 4 is 17.5 Å². The fourth-order valence-corrected chi connectivity index (χ4v) is 4.95. The van der Waals surface area contributed by atoms with Gasteiger partial charge >= 0.3 is 0 Å². The summed E-state index contributed by atoms with van der Waals surface area (Å²) in [5.41, 5.74) is 2.68. The molecule has 0 spiro atoms. The van der Waals surface area contributed by atoms with Crippen molar-refractivity contribution < 1.29 is 18.7 Å². The molecule has 1 amide bonds. The van der Waals surface area contributed by atoms with E-state index in [1.54, 1.807) is 32.4 Å². The van der Waals surface area contributed by atoms with Crippen LogP contribution in [0.25, 0.3) is 0 Å². The molecular formula is C29H33ClFN3O3. The van der Waals surface area contributed by atoms with E-state index in [4.69, 9.17) is 21.1 Å². The summed E-state index contributed by atoms with van der Waals surface area (Å²) in [6, 6.07) is 19.9. The first kappa shape index (κ1) is 26.9. The summed E-state index contributed by atoms with van der Waals surface area (Å²) in [6.07, 6.45) is 1.10. The Morgan fingerprint density at radius 3 is 2.49 bits per heavy atom. The van der Waals surface area contributed by atoms with Gasteiger partial charge in [0.2, 0.25) is 5.91 Å². The second kappa shape index (κ2) is 12.9. The summed E-state index contributed by atoms with van der Waals surface area (Å²) in [7, 11) is 3.26. The molecule has 8 heteroatoms. The summed E-state index contributed by atoms with van der Waals surface area (Å²) in [6.45, 7) is 2.31. The van der Waals surface area contributed by atoms with Crippen LogP contribution in [-0.2, 0) is 24.3 Å². The van der Waals surface area contributed by atoms with E-state index in [1.165, 1.54) is 6.07 Å². The molecule has 0 bridgehead atoms. The van der Waals surface area contributed by atoms with Crippen molar-refractivity contribution in [3.63, 3.8) is 0 Å². The molecule has 3 aromatic rings. The van der Waals surface area contributed by atoms with Gasteiger partial charge in [-0.3, -0.25) is 9.69 Å². The number of halogens is 2. The molecule has 1 aliphatic heterocycles. The van der Waals surface area contributed by atoms with Gasteiger partial charge in [0.1, 0.15) is 17.3 Å². The first-order valence-electron chi connectivity index (χ1n) is 12.4. The van der Waals surface area contributed by atoms with Crippen LogP contribution in [0.5, 0.6) is 11.5 Å². The molecular weight excluding hydrogens is 493 g/mol. The number of rotatable bonds is 11.